The van der Waals surface area contributed by atoms with Gasteiger partial charge < -0.3 is 14.6 Å². The van der Waals surface area contributed by atoms with Crippen molar-refractivity contribution in [3.63, 3.8) is 0 Å². The molecule has 20 heavy (non-hydrogen) atoms. The molecule has 110 valence electrons. The van der Waals surface area contributed by atoms with Crippen molar-refractivity contribution in [2.75, 3.05) is 13.7 Å². The Balaban J connectivity index is 2.17. The second-order valence-corrected chi connectivity index (χ2v) is 5.40. The van der Waals surface area contributed by atoms with Crippen LogP contribution >= 0.6 is 0 Å². The van der Waals surface area contributed by atoms with Gasteiger partial charge in [-0.3, -0.25) is 0 Å². The molecule has 0 aliphatic carbocycles. The second kappa shape index (κ2) is 7.46. The summed E-state index contributed by atoms with van der Waals surface area (Å²) in [6, 6.07) is 9.21. The van der Waals surface area contributed by atoms with E-state index < -0.39 is 0 Å². The first-order valence-electron chi connectivity index (χ1n) is 7.55. The van der Waals surface area contributed by atoms with Crippen LogP contribution in [0, 0.1) is 0 Å². The first kappa shape index (κ1) is 15.1. The molecule has 0 aliphatic rings. The molecule has 2 rings (SSSR count). The fourth-order valence-corrected chi connectivity index (χ4v) is 2.46. The third-order valence-electron chi connectivity index (χ3n) is 3.87. The molecule has 1 N–H and O–H groups in total. The van der Waals surface area contributed by atoms with Gasteiger partial charge in [0.25, 0.3) is 0 Å². The van der Waals surface area contributed by atoms with Crippen LogP contribution in [0.25, 0.3) is 10.9 Å². The topological polar surface area (TPSA) is 26.2 Å². The SMILES string of the molecule is CCC(C)NCc1cn(CCCOC)c2ccccc12. The van der Waals surface area contributed by atoms with Crippen molar-refractivity contribution >= 4 is 10.9 Å². The Morgan fingerprint density at radius 3 is 2.85 bits per heavy atom. The van der Waals surface area contributed by atoms with Gasteiger partial charge in [-0.15, -0.1) is 0 Å². The molecule has 0 fully saturated rings. The smallest absolute Gasteiger partial charge is 0.0483 e. The summed E-state index contributed by atoms with van der Waals surface area (Å²) in [5, 5.41) is 4.95. The standard InChI is InChI=1S/C17H26N2O/c1-4-14(2)18-12-15-13-19(10-7-11-20-3)17-9-6-5-8-16(15)17/h5-6,8-9,13-14,18H,4,7,10-12H2,1-3H3. The minimum Gasteiger partial charge on any atom is -0.385 e. The van der Waals surface area contributed by atoms with Crippen LogP contribution in [0.15, 0.2) is 30.5 Å². The molecule has 1 aromatic heterocycles. The highest BCUT2D eigenvalue weighted by Gasteiger charge is 2.08. The van der Waals surface area contributed by atoms with E-state index in [1.165, 1.54) is 16.5 Å². The van der Waals surface area contributed by atoms with Gasteiger partial charge in [0.05, 0.1) is 0 Å². The summed E-state index contributed by atoms with van der Waals surface area (Å²) in [5.41, 5.74) is 2.71. The van der Waals surface area contributed by atoms with Crippen molar-refractivity contribution in [3.8, 4) is 0 Å². The van der Waals surface area contributed by atoms with Crippen LogP contribution in [0.2, 0.25) is 0 Å². The van der Waals surface area contributed by atoms with Crippen LogP contribution in [0.5, 0.6) is 0 Å². The molecule has 0 bridgehead atoms. The summed E-state index contributed by atoms with van der Waals surface area (Å²) < 4.78 is 7.50. The Hall–Kier alpha value is -1.32. The minimum atomic E-state index is 0.561. The number of nitrogens with zero attached hydrogens (tertiary/aromatic N) is 1. The van der Waals surface area contributed by atoms with E-state index in [0.717, 1.165) is 32.5 Å². The molecule has 0 aliphatic heterocycles. The third-order valence-corrected chi connectivity index (χ3v) is 3.87. The van der Waals surface area contributed by atoms with Gasteiger partial charge in [-0.1, -0.05) is 25.1 Å². The number of hydrogen-bond donors (Lipinski definition) is 1. The van der Waals surface area contributed by atoms with Crippen molar-refractivity contribution < 1.29 is 4.74 Å². The maximum Gasteiger partial charge on any atom is 0.0483 e. The predicted molar refractivity (Wildman–Crippen MR) is 85.0 cm³/mol. The normalized spacial score (nSPS) is 12.9. The second-order valence-electron chi connectivity index (χ2n) is 5.40. The van der Waals surface area contributed by atoms with Gasteiger partial charge in [0.1, 0.15) is 0 Å². The maximum atomic E-state index is 5.15. The van der Waals surface area contributed by atoms with Gasteiger partial charge in [-0.2, -0.15) is 0 Å². The molecule has 0 spiro atoms. The zero-order chi connectivity index (χ0) is 14.4. The summed E-state index contributed by atoms with van der Waals surface area (Å²) in [4.78, 5) is 0. The fraction of sp³-hybridized carbons (Fsp3) is 0.529. The quantitative estimate of drug-likeness (QED) is 0.745. The van der Waals surface area contributed by atoms with Gasteiger partial charge in [-0.25, -0.2) is 0 Å². The lowest BCUT2D eigenvalue weighted by atomic mass is 10.1. The van der Waals surface area contributed by atoms with Gasteiger partial charge in [0.15, 0.2) is 0 Å². The zero-order valence-corrected chi connectivity index (χ0v) is 12.9. The number of aromatic nitrogens is 1. The Morgan fingerprint density at radius 2 is 2.10 bits per heavy atom. The van der Waals surface area contributed by atoms with Crippen LogP contribution < -0.4 is 5.32 Å². The van der Waals surface area contributed by atoms with E-state index >= 15 is 0 Å². The number of hydrogen-bond acceptors (Lipinski definition) is 2. The van der Waals surface area contributed by atoms with Gasteiger partial charge in [-0.05, 0) is 31.4 Å². The number of benzene rings is 1. The molecule has 1 aromatic carbocycles. The molecule has 3 nitrogen and oxygen atoms in total. The molecule has 0 saturated heterocycles. The number of fused-ring (bicyclic) bond motifs is 1. The van der Waals surface area contributed by atoms with Gasteiger partial charge in [0, 0.05) is 49.9 Å². The molecule has 1 heterocycles. The van der Waals surface area contributed by atoms with Crippen molar-refractivity contribution in [3.05, 3.63) is 36.0 Å². The van der Waals surface area contributed by atoms with Gasteiger partial charge in [0.2, 0.25) is 0 Å². The summed E-state index contributed by atoms with van der Waals surface area (Å²) >= 11 is 0. The van der Waals surface area contributed by atoms with Crippen molar-refractivity contribution in [1.29, 1.82) is 0 Å². The average molecular weight is 274 g/mol. The van der Waals surface area contributed by atoms with Crippen molar-refractivity contribution in [1.82, 2.24) is 9.88 Å². The Kier molecular flexibility index (Phi) is 5.62. The summed E-state index contributed by atoms with van der Waals surface area (Å²) in [7, 11) is 1.76. The molecular formula is C17H26N2O. The predicted octanol–water partition coefficient (Wildman–Crippen LogP) is 3.57. The number of rotatable bonds is 8. The number of aryl methyl sites for hydroxylation is 1. The first-order chi connectivity index (χ1) is 9.76. The number of ether oxygens (including phenoxy) is 1. The van der Waals surface area contributed by atoms with Crippen molar-refractivity contribution in [2.24, 2.45) is 0 Å². The van der Waals surface area contributed by atoms with Crippen LogP contribution in [0.3, 0.4) is 0 Å². The Labute approximate surface area is 121 Å². The molecule has 3 heteroatoms. The number of para-hydroxylation sites is 1. The third kappa shape index (κ3) is 3.62. The van der Waals surface area contributed by atoms with E-state index in [1.54, 1.807) is 7.11 Å². The zero-order valence-electron chi connectivity index (χ0n) is 12.9. The van der Waals surface area contributed by atoms with E-state index in [2.05, 4.69) is 54.2 Å². The molecule has 1 unspecified atom stereocenters. The monoisotopic (exact) mass is 274 g/mol. The van der Waals surface area contributed by atoms with E-state index in [-0.39, 0.29) is 0 Å². The average Bonchev–Trinajstić information content (AvgIpc) is 2.83. The summed E-state index contributed by atoms with van der Waals surface area (Å²) in [6.07, 6.45) is 4.50. The van der Waals surface area contributed by atoms with Crippen molar-refractivity contribution in [2.45, 2.75) is 45.8 Å². The highest BCUT2D eigenvalue weighted by atomic mass is 16.5. The number of nitrogens with one attached hydrogen (secondary N) is 1. The molecule has 1 atom stereocenters. The van der Waals surface area contributed by atoms with Crippen LogP contribution in [0.1, 0.15) is 32.3 Å². The van der Waals surface area contributed by atoms with Crippen LogP contribution in [0.4, 0.5) is 0 Å². The minimum absolute atomic E-state index is 0.561. The van der Waals surface area contributed by atoms with Gasteiger partial charge >= 0.3 is 0 Å². The van der Waals surface area contributed by atoms with E-state index in [4.69, 9.17) is 4.74 Å². The molecule has 0 saturated carbocycles. The summed E-state index contributed by atoms with van der Waals surface area (Å²) in [6.45, 7) is 7.21. The first-order valence-corrected chi connectivity index (χ1v) is 7.55. The molecule has 0 amide bonds. The maximum absolute atomic E-state index is 5.15. The molecule has 2 aromatic rings. The Bertz CT molecular complexity index is 533. The molecule has 0 radical (unpaired) electrons. The lowest BCUT2D eigenvalue weighted by Crippen LogP contribution is -2.24. The Morgan fingerprint density at radius 1 is 1.30 bits per heavy atom. The highest BCUT2D eigenvalue weighted by molar-refractivity contribution is 5.83. The lowest BCUT2D eigenvalue weighted by Gasteiger charge is -2.10. The van der Waals surface area contributed by atoms with Crippen LogP contribution in [-0.4, -0.2) is 24.3 Å². The largest absolute Gasteiger partial charge is 0.385 e. The lowest BCUT2D eigenvalue weighted by molar-refractivity contribution is 0.190. The fourth-order valence-electron chi connectivity index (χ4n) is 2.46. The highest BCUT2D eigenvalue weighted by Crippen LogP contribution is 2.21. The molecular weight excluding hydrogens is 248 g/mol. The van der Waals surface area contributed by atoms with E-state index in [0.29, 0.717) is 6.04 Å². The van der Waals surface area contributed by atoms with Crippen LogP contribution in [-0.2, 0) is 17.8 Å². The summed E-state index contributed by atoms with van der Waals surface area (Å²) in [5.74, 6) is 0. The number of methoxy groups -OCH3 is 1. The van der Waals surface area contributed by atoms with E-state index in [1.807, 2.05) is 0 Å². The van der Waals surface area contributed by atoms with E-state index in [9.17, 15) is 0 Å².